The van der Waals surface area contributed by atoms with Gasteiger partial charge in [-0.05, 0) is 0 Å². The van der Waals surface area contributed by atoms with Gasteiger partial charge in [0.2, 0.25) is 0 Å². The van der Waals surface area contributed by atoms with Crippen molar-refractivity contribution in [2.24, 2.45) is 0 Å². The van der Waals surface area contributed by atoms with Crippen LogP contribution in [-0.2, 0) is 52.1 Å². The van der Waals surface area contributed by atoms with Crippen LogP contribution in [0.3, 0.4) is 0 Å². The normalized spacial score (nSPS) is 1.60. The van der Waals surface area contributed by atoms with E-state index in [-0.39, 0.29) is 113 Å². The van der Waals surface area contributed by atoms with Gasteiger partial charge in [-0.15, -0.1) is 0 Å². The quantitative estimate of drug-likeness (QED) is 0.338. The van der Waals surface area contributed by atoms with Gasteiger partial charge in [-0.1, -0.05) is 0 Å². The van der Waals surface area contributed by atoms with Gasteiger partial charge in [0.25, 0.3) is 0 Å². The third-order valence-corrected chi connectivity index (χ3v) is 0. The molecule has 0 atom stereocenters. The first kappa shape index (κ1) is 98.4. The fraction of sp³-hybridized carbons (Fsp3) is 0. The summed E-state index contributed by atoms with van der Waals surface area (Å²) in [6, 6.07) is 0. The Bertz CT molecular complexity index is 160. The van der Waals surface area contributed by atoms with Crippen molar-refractivity contribution in [1.82, 2.24) is 0 Å². The van der Waals surface area contributed by atoms with Crippen molar-refractivity contribution in [2.45, 2.75) is 0 Å². The molecule has 0 amide bonds. The van der Waals surface area contributed by atoms with Crippen molar-refractivity contribution in [3.05, 3.63) is 0 Å². The van der Waals surface area contributed by atoms with E-state index in [1.54, 1.807) is 0 Å². The maximum absolute atomic E-state index is 8.40. The molecule has 20 heteroatoms. The van der Waals surface area contributed by atoms with E-state index in [1.807, 2.05) is 0 Å². The van der Waals surface area contributed by atoms with E-state index in [9.17, 15) is 0 Å². The SMILES string of the molecule is O.O=[Si]=O.O=[Si]=O.O=[Si]=O.O=[Si]=O.[Al+3].[Al+3].[K+].[O-2].[O-2].[O-2].[OH-]. The van der Waals surface area contributed by atoms with E-state index in [0.29, 0.717) is 0 Å². The Labute approximate surface area is 184 Å². The van der Waals surface area contributed by atoms with E-state index in [0.717, 1.165) is 0 Å². The fourth-order valence-electron chi connectivity index (χ4n) is 0. The monoisotopic (exact) mass is 416 g/mol. The molecule has 0 aromatic carbocycles. The molecule has 13 nitrogen and oxygen atoms in total. The van der Waals surface area contributed by atoms with Gasteiger partial charge >= 0.3 is 123 Å². The van der Waals surface area contributed by atoms with Crippen LogP contribution < -0.4 is 51.4 Å². The molecule has 0 saturated carbocycles. The summed E-state index contributed by atoms with van der Waals surface area (Å²) in [4.78, 5) is 0. The Morgan fingerprint density at radius 2 is 0.450 bits per heavy atom. The Morgan fingerprint density at radius 1 is 0.450 bits per heavy atom. The van der Waals surface area contributed by atoms with Crippen molar-refractivity contribution >= 4 is 71.9 Å². The summed E-state index contributed by atoms with van der Waals surface area (Å²) < 4.78 is 67.2. The first-order valence-electron chi connectivity index (χ1n) is 1.63. The van der Waals surface area contributed by atoms with Crippen molar-refractivity contribution < 1.29 is 114 Å². The molecule has 104 valence electrons. The van der Waals surface area contributed by atoms with Gasteiger partial charge in [0, 0.05) is 0 Å². The van der Waals surface area contributed by atoms with Gasteiger partial charge in [-0.2, -0.15) is 0 Å². The van der Waals surface area contributed by atoms with Crippen LogP contribution in [0.2, 0.25) is 0 Å². The molecular weight excluding hydrogens is 413 g/mol. The zero-order chi connectivity index (χ0) is 10.8. The molecule has 0 aliphatic carbocycles. The van der Waals surface area contributed by atoms with E-state index in [2.05, 4.69) is 0 Å². The fourth-order valence-corrected chi connectivity index (χ4v) is 0. The molecule has 0 fully saturated rings. The molecule has 0 heterocycles. The van der Waals surface area contributed by atoms with Crippen LogP contribution >= 0.6 is 0 Å². The second kappa shape index (κ2) is 244. The number of rotatable bonds is 0. The van der Waals surface area contributed by atoms with Crippen LogP contribution in [0.25, 0.3) is 0 Å². The molecule has 0 aromatic rings. The van der Waals surface area contributed by atoms with E-state index in [4.69, 9.17) is 35.7 Å². The van der Waals surface area contributed by atoms with Crippen LogP contribution in [0.4, 0.5) is 0 Å². The van der Waals surface area contributed by atoms with Crippen molar-refractivity contribution in [2.75, 3.05) is 0 Å². The van der Waals surface area contributed by atoms with Gasteiger partial charge in [-0.3, -0.25) is 35.7 Å². The Morgan fingerprint density at radius 3 is 0.450 bits per heavy atom. The third-order valence-electron chi connectivity index (χ3n) is 0. The van der Waals surface area contributed by atoms with Gasteiger partial charge in [0.1, 0.15) is 0 Å². The molecule has 20 heavy (non-hydrogen) atoms. The average Bonchev–Trinajstić information content (AvgIpc) is 1.92. The summed E-state index contributed by atoms with van der Waals surface area (Å²) in [6.45, 7) is 0. The molecule has 3 N–H and O–H groups in total. The van der Waals surface area contributed by atoms with Crippen LogP contribution in [0.1, 0.15) is 0 Å². The van der Waals surface area contributed by atoms with Gasteiger partial charge in [-0.25, -0.2) is 0 Å². The van der Waals surface area contributed by atoms with Crippen molar-refractivity contribution in [1.29, 1.82) is 0 Å². The van der Waals surface area contributed by atoms with Crippen LogP contribution in [0.5, 0.6) is 0 Å². The maximum atomic E-state index is 8.40. The van der Waals surface area contributed by atoms with E-state index < -0.39 is 37.2 Å². The molecule has 0 radical (unpaired) electrons. The molecule has 0 bridgehead atoms. The molecule has 0 aliphatic heterocycles. The summed E-state index contributed by atoms with van der Waals surface area (Å²) in [6.07, 6.45) is 0. The van der Waals surface area contributed by atoms with Crippen LogP contribution in [0.15, 0.2) is 0 Å². The summed E-state index contributed by atoms with van der Waals surface area (Å²) >= 11 is 0. The largest absolute Gasteiger partial charge is 3.00 e. The van der Waals surface area contributed by atoms with Gasteiger partial charge in [0.15, 0.2) is 0 Å². The molecule has 0 saturated heterocycles. The molecule has 0 aliphatic rings. The maximum Gasteiger partial charge on any atom is 3.00 e. The van der Waals surface area contributed by atoms with E-state index >= 15 is 0 Å². The summed E-state index contributed by atoms with van der Waals surface area (Å²) in [5.41, 5.74) is 0. The second-order valence-electron chi connectivity index (χ2n) is 0.333. The summed E-state index contributed by atoms with van der Waals surface area (Å²) in [5.74, 6) is 0. The van der Waals surface area contributed by atoms with Crippen LogP contribution in [-0.4, -0.2) is 82.8 Å². The van der Waals surface area contributed by atoms with E-state index in [1.165, 1.54) is 0 Å². The first-order chi connectivity index (χ1) is 5.66. The molecule has 0 aromatic heterocycles. The first-order valence-corrected chi connectivity index (χ1v) is 4.90. The minimum atomic E-state index is -1.42. The second-order valence-corrected chi connectivity index (χ2v) is 1.00. The standard InChI is InChI=1S/2Al.K.4O2Si.2H2O.3O/c;;;4*1-3-2;;;;;/h;;;;;;;2*1H2;;;/q2*+3;+1;;;;;;;3*-2/p-1. The van der Waals surface area contributed by atoms with Gasteiger partial charge < -0.3 is 27.4 Å². The molecular formula is H3Al2KO13Si4. The average molecular weight is 416 g/mol. The number of hydrogen-bond acceptors (Lipinski definition) is 9. The number of hydrogen-bond donors (Lipinski definition) is 0. The molecule has 0 rings (SSSR count). The predicted molar refractivity (Wildman–Crippen MR) is 47.6 cm³/mol. The van der Waals surface area contributed by atoms with Gasteiger partial charge in [0.05, 0.1) is 0 Å². The Balaban J connectivity index is -0.00000000376. The minimum Gasteiger partial charge on any atom is -2.00 e. The molecule has 0 unspecified atom stereocenters. The Kier molecular flexibility index (Phi) is 1200. The zero-order valence-electron chi connectivity index (χ0n) is 9.59. The molecule has 0 spiro atoms. The third kappa shape index (κ3) is 2230. The van der Waals surface area contributed by atoms with Crippen LogP contribution in [0, 0.1) is 0 Å². The van der Waals surface area contributed by atoms with Crippen molar-refractivity contribution in [3.8, 4) is 0 Å². The minimum absolute atomic E-state index is 0. The van der Waals surface area contributed by atoms with Crippen molar-refractivity contribution in [3.63, 3.8) is 0 Å². The summed E-state index contributed by atoms with van der Waals surface area (Å²) in [5, 5.41) is 0. The Hall–Kier alpha value is 1.77. The predicted octanol–water partition coefficient (Wildman–Crippen LogP) is -7.59. The smallest absolute Gasteiger partial charge is 2.00 e. The topological polar surface area (TPSA) is 284 Å². The zero-order valence-corrected chi connectivity index (χ0v) is 19.0. The summed E-state index contributed by atoms with van der Waals surface area (Å²) in [7, 11) is -5.67.